The van der Waals surface area contributed by atoms with E-state index in [1.165, 1.54) is 0 Å². The Morgan fingerprint density at radius 3 is 2.63 bits per heavy atom. The maximum absolute atomic E-state index is 12.1. The molecule has 2 N–H and O–H groups in total. The summed E-state index contributed by atoms with van der Waals surface area (Å²) < 4.78 is 16.3. The van der Waals surface area contributed by atoms with E-state index in [-0.39, 0.29) is 25.6 Å². The van der Waals surface area contributed by atoms with E-state index >= 15 is 0 Å². The Hall–Kier alpha value is -2.38. The fourth-order valence-electron chi connectivity index (χ4n) is 2.76. The fourth-order valence-corrected chi connectivity index (χ4v) is 2.76. The molecule has 0 aliphatic carbocycles. The van der Waals surface area contributed by atoms with Gasteiger partial charge in [-0.25, -0.2) is 9.59 Å². The molecule has 1 fully saturated rings. The lowest BCUT2D eigenvalue weighted by atomic mass is 9.92. The average molecular weight is 377 g/mol. The number of carbonyl (C=O) groups excluding carboxylic acids is 1. The standard InChI is InChI=1S/C20H27NO6/c1-4-20(17(22)23,12-8-11-16-14-26-19(2,3)27-16)21-18(24)25-13-15-9-6-5-7-10-15/h5-11,16H,4,12-14H2,1-3H3,(H,21,24)(H,22,23)/b11-8+/t16-,20+/m0/s1. The van der Waals surface area contributed by atoms with Crippen molar-refractivity contribution in [2.75, 3.05) is 6.61 Å². The first-order valence-corrected chi connectivity index (χ1v) is 8.97. The number of carbonyl (C=O) groups is 2. The Morgan fingerprint density at radius 2 is 2.07 bits per heavy atom. The maximum Gasteiger partial charge on any atom is 0.408 e. The monoisotopic (exact) mass is 377 g/mol. The van der Waals surface area contributed by atoms with Gasteiger partial charge < -0.3 is 24.6 Å². The number of benzene rings is 1. The van der Waals surface area contributed by atoms with Crippen molar-refractivity contribution in [3.8, 4) is 0 Å². The second-order valence-electron chi connectivity index (χ2n) is 6.93. The van der Waals surface area contributed by atoms with Gasteiger partial charge in [-0.2, -0.15) is 0 Å². The van der Waals surface area contributed by atoms with E-state index in [1.807, 2.05) is 44.2 Å². The number of hydrogen-bond acceptors (Lipinski definition) is 5. The number of rotatable bonds is 8. The van der Waals surface area contributed by atoms with E-state index < -0.39 is 23.4 Å². The molecule has 1 heterocycles. The van der Waals surface area contributed by atoms with Gasteiger partial charge in [0.1, 0.15) is 18.2 Å². The van der Waals surface area contributed by atoms with Gasteiger partial charge in [-0.1, -0.05) is 49.4 Å². The summed E-state index contributed by atoms with van der Waals surface area (Å²) >= 11 is 0. The van der Waals surface area contributed by atoms with Crippen LogP contribution in [-0.2, 0) is 25.6 Å². The highest BCUT2D eigenvalue weighted by Gasteiger charge is 2.38. The van der Waals surface area contributed by atoms with Crippen LogP contribution in [0, 0.1) is 0 Å². The van der Waals surface area contributed by atoms with Gasteiger partial charge in [0.05, 0.1) is 6.61 Å². The van der Waals surface area contributed by atoms with Crippen LogP contribution < -0.4 is 5.32 Å². The molecule has 0 unspecified atom stereocenters. The van der Waals surface area contributed by atoms with Crippen molar-refractivity contribution in [2.24, 2.45) is 0 Å². The molecule has 2 atom stereocenters. The van der Waals surface area contributed by atoms with Gasteiger partial charge in [-0.15, -0.1) is 0 Å². The minimum Gasteiger partial charge on any atom is -0.479 e. The van der Waals surface area contributed by atoms with E-state index in [2.05, 4.69) is 5.32 Å². The molecule has 0 radical (unpaired) electrons. The molecule has 7 heteroatoms. The Morgan fingerprint density at radius 1 is 1.37 bits per heavy atom. The van der Waals surface area contributed by atoms with E-state index in [9.17, 15) is 14.7 Å². The molecule has 1 aliphatic rings. The zero-order valence-electron chi connectivity index (χ0n) is 15.9. The summed E-state index contributed by atoms with van der Waals surface area (Å²) in [6.07, 6.45) is 2.77. The number of carboxylic acids is 1. The summed E-state index contributed by atoms with van der Waals surface area (Å²) in [6.45, 7) is 5.82. The lowest BCUT2D eigenvalue weighted by molar-refractivity contribution is -0.144. The van der Waals surface area contributed by atoms with E-state index in [0.717, 1.165) is 5.56 Å². The van der Waals surface area contributed by atoms with Crippen LogP contribution >= 0.6 is 0 Å². The topological polar surface area (TPSA) is 94.1 Å². The van der Waals surface area contributed by atoms with Gasteiger partial charge in [-0.3, -0.25) is 0 Å². The van der Waals surface area contributed by atoms with Crippen molar-refractivity contribution in [1.29, 1.82) is 0 Å². The molecule has 148 valence electrons. The normalized spacial score (nSPS) is 20.9. The molecular formula is C20H27NO6. The summed E-state index contributed by atoms with van der Waals surface area (Å²) in [5.41, 5.74) is -0.620. The van der Waals surface area contributed by atoms with Crippen LogP contribution in [0.25, 0.3) is 0 Å². The van der Waals surface area contributed by atoms with Crippen molar-refractivity contribution in [3.63, 3.8) is 0 Å². The Bertz CT molecular complexity index is 672. The van der Waals surface area contributed by atoms with Gasteiger partial charge >= 0.3 is 12.1 Å². The molecule has 7 nitrogen and oxygen atoms in total. The van der Waals surface area contributed by atoms with Gasteiger partial charge in [0.2, 0.25) is 0 Å². The first-order valence-electron chi connectivity index (χ1n) is 8.97. The van der Waals surface area contributed by atoms with Crippen LogP contribution in [0.4, 0.5) is 4.79 Å². The Labute approximate surface area is 159 Å². The molecule has 0 saturated carbocycles. The Balaban J connectivity index is 1.94. The minimum atomic E-state index is -1.45. The van der Waals surface area contributed by atoms with Crippen molar-refractivity contribution >= 4 is 12.1 Å². The van der Waals surface area contributed by atoms with E-state index in [0.29, 0.717) is 6.61 Å². The van der Waals surface area contributed by atoms with E-state index in [4.69, 9.17) is 14.2 Å². The second-order valence-corrected chi connectivity index (χ2v) is 6.93. The lowest BCUT2D eigenvalue weighted by Gasteiger charge is -2.28. The SMILES string of the molecule is CC[C@](C/C=C/[C@H]1COC(C)(C)O1)(NC(=O)OCc1ccccc1)C(=O)O. The van der Waals surface area contributed by atoms with Crippen molar-refractivity contribution in [1.82, 2.24) is 5.32 Å². The zero-order chi connectivity index (χ0) is 19.9. The molecule has 1 aromatic carbocycles. The van der Waals surface area contributed by atoms with Crippen LogP contribution in [-0.4, -0.2) is 41.2 Å². The number of aliphatic carboxylic acids is 1. The summed E-state index contributed by atoms with van der Waals surface area (Å²) in [7, 11) is 0. The van der Waals surface area contributed by atoms with Gasteiger partial charge in [0.15, 0.2) is 5.79 Å². The number of nitrogens with one attached hydrogen (secondary N) is 1. The van der Waals surface area contributed by atoms with Crippen LogP contribution in [0.1, 0.15) is 39.2 Å². The Kier molecular flexibility index (Phi) is 6.98. The molecule has 0 bridgehead atoms. The summed E-state index contributed by atoms with van der Waals surface area (Å²) in [4.78, 5) is 24.0. The molecule has 27 heavy (non-hydrogen) atoms. The smallest absolute Gasteiger partial charge is 0.408 e. The lowest BCUT2D eigenvalue weighted by Crippen LogP contribution is -2.54. The van der Waals surface area contributed by atoms with Crippen molar-refractivity contribution < 1.29 is 28.9 Å². The van der Waals surface area contributed by atoms with Crippen LogP contribution in [0.2, 0.25) is 0 Å². The summed E-state index contributed by atoms with van der Waals surface area (Å²) in [5, 5.41) is 12.2. The molecule has 0 spiro atoms. The average Bonchev–Trinajstić information content (AvgIpc) is 2.98. The molecule has 1 saturated heterocycles. The molecular weight excluding hydrogens is 350 g/mol. The predicted molar refractivity (Wildman–Crippen MR) is 99.1 cm³/mol. The van der Waals surface area contributed by atoms with Gasteiger partial charge in [0.25, 0.3) is 0 Å². The first-order chi connectivity index (χ1) is 12.8. The number of ether oxygens (including phenoxy) is 3. The maximum atomic E-state index is 12.1. The van der Waals surface area contributed by atoms with Gasteiger partial charge in [0, 0.05) is 0 Å². The largest absolute Gasteiger partial charge is 0.479 e. The third kappa shape index (κ3) is 6.08. The molecule has 1 aliphatic heterocycles. The highest BCUT2D eigenvalue weighted by atomic mass is 16.7. The number of alkyl carbamates (subject to hydrolysis) is 1. The fraction of sp³-hybridized carbons (Fsp3) is 0.500. The molecule has 0 aromatic heterocycles. The highest BCUT2D eigenvalue weighted by molar-refractivity contribution is 5.84. The third-order valence-corrected chi connectivity index (χ3v) is 4.41. The van der Waals surface area contributed by atoms with Gasteiger partial charge in [-0.05, 0) is 32.3 Å². The summed E-state index contributed by atoms with van der Waals surface area (Å²) in [6, 6.07) is 9.19. The predicted octanol–water partition coefficient (Wildman–Crippen LogP) is 3.24. The van der Waals surface area contributed by atoms with Crippen LogP contribution in [0.15, 0.2) is 42.5 Å². The third-order valence-electron chi connectivity index (χ3n) is 4.41. The molecule has 1 aromatic rings. The first kappa shape index (κ1) is 20.9. The highest BCUT2D eigenvalue weighted by Crippen LogP contribution is 2.24. The van der Waals surface area contributed by atoms with E-state index in [1.54, 1.807) is 19.1 Å². The number of hydrogen-bond donors (Lipinski definition) is 2. The second kappa shape index (κ2) is 9.01. The summed E-state index contributed by atoms with van der Waals surface area (Å²) in [5.74, 6) is -1.77. The molecule has 2 rings (SSSR count). The number of amides is 1. The van der Waals surface area contributed by atoms with Crippen LogP contribution in [0.3, 0.4) is 0 Å². The quantitative estimate of drug-likeness (QED) is 0.676. The van der Waals surface area contributed by atoms with Crippen molar-refractivity contribution in [3.05, 3.63) is 48.0 Å². The minimum absolute atomic E-state index is 0.0737. The number of carboxylic acid groups (broad SMARTS) is 1. The zero-order valence-corrected chi connectivity index (χ0v) is 15.9. The van der Waals surface area contributed by atoms with Crippen LogP contribution in [0.5, 0.6) is 0 Å². The van der Waals surface area contributed by atoms with Crippen molar-refractivity contribution in [2.45, 2.75) is 57.6 Å². The molecule has 1 amide bonds.